The number of aryl methyl sites for hydroxylation is 1. The fourth-order valence-corrected chi connectivity index (χ4v) is 4.84. The lowest BCUT2D eigenvalue weighted by atomic mass is 10.1. The van der Waals surface area contributed by atoms with Crippen LogP contribution in [0.25, 0.3) is 0 Å². The van der Waals surface area contributed by atoms with Crippen LogP contribution in [0.2, 0.25) is 0 Å². The summed E-state index contributed by atoms with van der Waals surface area (Å²) < 4.78 is 5.20. The van der Waals surface area contributed by atoms with E-state index in [2.05, 4.69) is 10.6 Å². The normalized spacial score (nSPS) is 11.3. The maximum Gasteiger partial charge on any atom is 0.269 e. The van der Waals surface area contributed by atoms with Crippen molar-refractivity contribution < 1.29 is 19.2 Å². The maximum atomic E-state index is 13.4. The Hall–Kier alpha value is -4.63. The van der Waals surface area contributed by atoms with Crippen LogP contribution in [0.5, 0.6) is 5.75 Å². The van der Waals surface area contributed by atoms with E-state index in [9.17, 15) is 19.7 Å². The Morgan fingerprint density at radius 3 is 2.37 bits per heavy atom. The van der Waals surface area contributed by atoms with E-state index in [0.29, 0.717) is 28.3 Å². The van der Waals surface area contributed by atoms with E-state index in [4.69, 9.17) is 4.74 Å². The van der Waals surface area contributed by atoms with Crippen molar-refractivity contribution in [1.29, 1.82) is 0 Å². The molecule has 2 N–H and O–H groups in total. The number of non-ortho nitro benzene ring substituents is 1. The van der Waals surface area contributed by atoms with E-state index in [0.717, 1.165) is 10.5 Å². The van der Waals surface area contributed by atoms with Crippen molar-refractivity contribution in [3.05, 3.63) is 124 Å². The molecular formula is C29H25N3O5S. The van der Waals surface area contributed by atoms with Crippen molar-refractivity contribution >= 4 is 40.6 Å². The zero-order valence-corrected chi connectivity index (χ0v) is 21.5. The van der Waals surface area contributed by atoms with Crippen LogP contribution in [0.4, 0.5) is 17.1 Å². The van der Waals surface area contributed by atoms with Crippen LogP contribution in [-0.4, -0.2) is 23.8 Å². The Kier molecular flexibility index (Phi) is 8.40. The monoisotopic (exact) mass is 527 g/mol. The summed E-state index contributed by atoms with van der Waals surface area (Å²) in [7, 11) is 1.54. The van der Waals surface area contributed by atoms with Gasteiger partial charge in [-0.25, -0.2) is 0 Å². The van der Waals surface area contributed by atoms with Crippen LogP contribution in [0.1, 0.15) is 26.7 Å². The van der Waals surface area contributed by atoms with E-state index >= 15 is 0 Å². The van der Waals surface area contributed by atoms with Crippen LogP contribution >= 0.6 is 11.8 Å². The van der Waals surface area contributed by atoms with Crippen LogP contribution < -0.4 is 15.4 Å². The van der Waals surface area contributed by atoms with Crippen molar-refractivity contribution in [2.45, 2.75) is 17.1 Å². The molecule has 0 aliphatic carbocycles. The zero-order valence-electron chi connectivity index (χ0n) is 20.7. The van der Waals surface area contributed by atoms with Crippen molar-refractivity contribution in [3.8, 4) is 5.75 Å². The van der Waals surface area contributed by atoms with Gasteiger partial charge in [0, 0.05) is 34.0 Å². The molecule has 0 aliphatic heterocycles. The lowest BCUT2D eigenvalue weighted by Crippen LogP contribution is -2.19. The second-order valence-electron chi connectivity index (χ2n) is 8.37. The summed E-state index contributed by atoms with van der Waals surface area (Å²) in [5.74, 6) is 0.0305. The van der Waals surface area contributed by atoms with Gasteiger partial charge in [-0.3, -0.25) is 19.7 Å². The van der Waals surface area contributed by atoms with Gasteiger partial charge in [0.15, 0.2) is 0 Å². The molecule has 4 rings (SSSR count). The van der Waals surface area contributed by atoms with Crippen LogP contribution in [0.3, 0.4) is 0 Å². The SMILES string of the molecule is COc1cccc(C(=O)Nc2cccc(SC(C(=O)Nc3ccc([N+](=O)[O-])cc3C)c3ccccc3)c2)c1. The molecule has 0 saturated heterocycles. The molecule has 192 valence electrons. The van der Waals surface area contributed by atoms with Gasteiger partial charge in [-0.05, 0) is 60.5 Å². The quantitative estimate of drug-likeness (QED) is 0.143. The molecular weight excluding hydrogens is 502 g/mol. The Balaban J connectivity index is 1.55. The molecule has 0 aromatic heterocycles. The van der Waals surface area contributed by atoms with Gasteiger partial charge in [0.2, 0.25) is 5.91 Å². The molecule has 1 unspecified atom stereocenters. The summed E-state index contributed by atoms with van der Waals surface area (Å²) in [5.41, 5.74) is 2.89. The number of benzene rings is 4. The Labute approximate surface area is 224 Å². The summed E-state index contributed by atoms with van der Waals surface area (Å²) in [6, 6.07) is 27.8. The minimum atomic E-state index is -0.616. The van der Waals surface area contributed by atoms with Gasteiger partial charge in [0.1, 0.15) is 11.0 Å². The third-order valence-corrected chi connectivity index (χ3v) is 6.94. The van der Waals surface area contributed by atoms with Crippen LogP contribution in [0.15, 0.2) is 102 Å². The summed E-state index contributed by atoms with van der Waals surface area (Å²) in [4.78, 5) is 37.6. The highest BCUT2D eigenvalue weighted by molar-refractivity contribution is 8.00. The molecule has 8 nitrogen and oxygen atoms in total. The number of amides is 2. The van der Waals surface area contributed by atoms with Gasteiger partial charge >= 0.3 is 0 Å². The first-order valence-electron chi connectivity index (χ1n) is 11.7. The smallest absolute Gasteiger partial charge is 0.269 e. The van der Waals surface area contributed by atoms with Gasteiger partial charge in [-0.2, -0.15) is 0 Å². The molecule has 1 atom stereocenters. The first kappa shape index (κ1) is 26.4. The minimum Gasteiger partial charge on any atom is -0.497 e. The number of nitro benzene ring substituents is 1. The molecule has 0 bridgehead atoms. The molecule has 0 radical (unpaired) electrons. The summed E-state index contributed by atoms with van der Waals surface area (Å²) in [6.07, 6.45) is 0. The number of nitro groups is 1. The number of thioether (sulfide) groups is 1. The molecule has 0 spiro atoms. The second-order valence-corrected chi connectivity index (χ2v) is 9.55. The number of hydrogen-bond acceptors (Lipinski definition) is 6. The van der Waals surface area contributed by atoms with E-state index in [1.54, 1.807) is 44.4 Å². The van der Waals surface area contributed by atoms with Gasteiger partial charge in [-0.1, -0.05) is 42.5 Å². The second kappa shape index (κ2) is 12.1. The van der Waals surface area contributed by atoms with Crippen molar-refractivity contribution in [2.24, 2.45) is 0 Å². The Morgan fingerprint density at radius 1 is 0.895 bits per heavy atom. The number of hydrogen-bond donors (Lipinski definition) is 2. The highest BCUT2D eigenvalue weighted by Gasteiger charge is 2.23. The lowest BCUT2D eigenvalue weighted by Gasteiger charge is -2.18. The largest absolute Gasteiger partial charge is 0.497 e. The fourth-order valence-electron chi connectivity index (χ4n) is 3.75. The van der Waals surface area contributed by atoms with Gasteiger partial charge < -0.3 is 15.4 Å². The fraction of sp³-hybridized carbons (Fsp3) is 0.103. The molecule has 0 fully saturated rings. The van der Waals surface area contributed by atoms with Gasteiger partial charge in [0.05, 0.1) is 12.0 Å². The number of nitrogens with zero attached hydrogens (tertiary/aromatic N) is 1. The molecule has 0 saturated carbocycles. The number of ether oxygens (including phenoxy) is 1. The van der Waals surface area contributed by atoms with Crippen LogP contribution in [0, 0.1) is 17.0 Å². The maximum absolute atomic E-state index is 13.4. The highest BCUT2D eigenvalue weighted by Crippen LogP contribution is 2.37. The standard InChI is InChI=1S/C29H25N3O5S/c1-19-16-23(32(35)36)14-15-26(19)31-29(34)27(20-8-4-3-5-9-20)38-25-13-7-11-22(18-25)30-28(33)21-10-6-12-24(17-21)37-2/h3-18,27H,1-2H3,(H,30,33)(H,31,34). The summed E-state index contributed by atoms with van der Waals surface area (Å²) >= 11 is 1.33. The van der Waals surface area contributed by atoms with Gasteiger partial charge in [0.25, 0.3) is 11.6 Å². The molecule has 2 amide bonds. The number of carbonyl (C=O) groups excluding carboxylic acids is 2. The number of carbonyl (C=O) groups is 2. The summed E-state index contributed by atoms with van der Waals surface area (Å²) in [5, 5.41) is 16.3. The van der Waals surface area contributed by atoms with E-state index in [1.807, 2.05) is 48.5 Å². The first-order valence-corrected chi connectivity index (χ1v) is 12.5. The molecule has 38 heavy (non-hydrogen) atoms. The molecule has 0 heterocycles. The van der Waals surface area contributed by atoms with E-state index in [1.165, 1.54) is 30.0 Å². The minimum absolute atomic E-state index is 0.0395. The molecule has 4 aromatic rings. The van der Waals surface area contributed by atoms with Gasteiger partial charge in [-0.15, -0.1) is 11.8 Å². The van der Waals surface area contributed by atoms with Crippen molar-refractivity contribution in [3.63, 3.8) is 0 Å². The third kappa shape index (κ3) is 6.57. The average Bonchev–Trinajstić information content (AvgIpc) is 2.93. The van der Waals surface area contributed by atoms with Crippen molar-refractivity contribution in [1.82, 2.24) is 0 Å². The molecule has 4 aromatic carbocycles. The molecule has 9 heteroatoms. The average molecular weight is 528 g/mol. The third-order valence-electron chi connectivity index (χ3n) is 5.70. The zero-order chi connectivity index (χ0) is 27.1. The van der Waals surface area contributed by atoms with E-state index in [-0.39, 0.29) is 17.5 Å². The summed E-state index contributed by atoms with van der Waals surface area (Å²) in [6.45, 7) is 1.71. The number of methoxy groups -OCH3 is 1. The predicted octanol–water partition coefficient (Wildman–Crippen LogP) is 6.64. The molecule has 0 aliphatic rings. The van der Waals surface area contributed by atoms with Crippen molar-refractivity contribution in [2.75, 3.05) is 17.7 Å². The topological polar surface area (TPSA) is 111 Å². The number of nitrogens with one attached hydrogen (secondary N) is 2. The highest BCUT2D eigenvalue weighted by atomic mass is 32.2. The van der Waals surface area contributed by atoms with E-state index < -0.39 is 10.2 Å². The van der Waals surface area contributed by atoms with Crippen LogP contribution in [-0.2, 0) is 4.79 Å². The Bertz CT molecular complexity index is 1480. The number of anilines is 2. The Morgan fingerprint density at radius 2 is 1.66 bits per heavy atom. The number of rotatable bonds is 9. The predicted molar refractivity (Wildman–Crippen MR) is 149 cm³/mol. The lowest BCUT2D eigenvalue weighted by molar-refractivity contribution is -0.384. The first-order chi connectivity index (χ1) is 18.3.